The Kier molecular flexibility index (Phi) is 3.21. The minimum absolute atomic E-state index is 0.489. The zero-order chi connectivity index (χ0) is 13.4. The number of hydrogen-bond donors (Lipinski definition) is 1. The van der Waals surface area contributed by atoms with Crippen LogP contribution in [0.5, 0.6) is 0 Å². The molecule has 1 atom stereocenters. The number of hydrogen-bond acceptors (Lipinski definition) is 2. The Morgan fingerprint density at radius 3 is 2.68 bits per heavy atom. The van der Waals surface area contributed by atoms with E-state index >= 15 is 0 Å². The summed E-state index contributed by atoms with van der Waals surface area (Å²) in [5, 5.41) is 10.3. The smallest absolute Gasteiger partial charge is 0.0762 e. The summed E-state index contributed by atoms with van der Waals surface area (Å²) in [6.07, 6.45) is 0.558. The van der Waals surface area contributed by atoms with Crippen molar-refractivity contribution in [1.82, 2.24) is 0 Å². The molecule has 3 rings (SSSR count). The lowest BCUT2D eigenvalue weighted by atomic mass is 10.1. The van der Waals surface area contributed by atoms with Crippen molar-refractivity contribution in [2.45, 2.75) is 19.4 Å². The molecule has 0 spiro atoms. The third-order valence-corrected chi connectivity index (χ3v) is 3.93. The molecule has 0 radical (unpaired) electrons. The Balaban J connectivity index is 2.00. The molecule has 0 aromatic heterocycles. The molecule has 1 aliphatic heterocycles. The van der Waals surface area contributed by atoms with Crippen LogP contribution >= 0.6 is 11.6 Å². The Labute approximate surface area is 118 Å². The molecule has 1 N–H and O–H groups in total. The van der Waals surface area contributed by atoms with Crippen molar-refractivity contribution in [3.8, 4) is 0 Å². The van der Waals surface area contributed by atoms with Crippen molar-refractivity contribution in [3.05, 3.63) is 58.6 Å². The number of anilines is 2. The molecule has 1 aliphatic rings. The third-order valence-electron chi connectivity index (χ3n) is 3.63. The Morgan fingerprint density at radius 2 is 1.95 bits per heavy atom. The maximum Gasteiger partial charge on any atom is 0.0762 e. The van der Waals surface area contributed by atoms with Gasteiger partial charge in [0.05, 0.1) is 16.8 Å². The predicted octanol–water partition coefficient (Wildman–Crippen LogP) is 4.09. The highest BCUT2D eigenvalue weighted by Gasteiger charge is 2.21. The van der Waals surface area contributed by atoms with E-state index in [1.807, 2.05) is 18.2 Å². The molecular formula is C16H16ClNO. The summed E-state index contributed by atoms with van der Waals surface area (Å²) >= 11 is 6.37. The number of para-hydroxylation sites is 1. The first-order valence-corrected chi connectivity index (χ1v) is 6.87. The molecular weight excluding hydrogens is 258 g/mol. The fourth-order valence-electron chi connectivity index (χ4n) is 2.59. The molecule has 98 valence electrons. The van der Waals surface area contributed by atoms with Gasteiger partial charge >= 0.3 is 0 Å². The van der Waals surface area contributed by atoms with Crippen LogP contribution in [0.15, 0.2) is 42.5 Å². The van der Waals surface area contributed by atoms with Crippen LogP contribution in [0.2, 0.25) is 5.02 Å². The number of benzene rings is 2. The number of aliphatic hydroxyl groups is 1. The lowest BCUT2D eigenvalue weighted by Crippen LogP contribution is -2.13. The maximum atomic E-state index is 9.59. The highest BCUT2D eigenvalue weighted by atomic mass is 35.5. The predicted molar refractivity (Wildman–Crippen MR) is 79.2 cm³/mol. The molecule has 1 heterocycles. The average Bonchev–Trinajstić information content (AvgIpc) is 2.82. The zero-order valence-corrected chi connectivity index (χ0v) is 11.6. The van der Waals surface area contributed by atoms with Gasteiger partial charge in [0.15, 0.2) is 0 Å². The molecule has 19 heavy (non-hydrogen) atoms. The van der Waals surface area contributed by atoms with Crippen LogP contribution in [0.1, 0.15) is 24.2 Å². The molecule has 0 saturated heterocycles. The summed E-state index contributed by atoms with van der Waals surface area (Å²) in [7, 11) is 0. The lowest BCUT2D eigenvalue weighted by Gasteiger charge is -2.21. The van der Waals surface area contributed by atoms with Gasteiger partial charge in [-0.15, -0.1) is 0 Å². The molecule has 0 amide bonds. The van der Waals surface area contributed by atoms with Gasteiger partial charge < -0.3 is 10.0 Å². The second-order valence-corrected chi connectivity index (χ2v) is 5.32. The van der Waals surface area contributed by atoms with E-state index in [4.69, 9.17) is 11.6 Å². The first-order valence-electron chi connectivity index (χ1n) is 6.50. The topological polar surface area (TPSA) is 23.5 Å². The van der Waals surface area contributed by atoms with Crippen LogP contribution in [-0.2, 0) is 6.42 Å². The van der Waals surface area contributed by atoms with Gasteiger partial charge in [-0.25, -0.2) is 0 Å². The van der Waals surface area contributed by atoms with Gasteiger partial charge in [0.2, 0.25) is 0 Å². The molecule has 2 nitrogen and oxygen atoms in total. The van der Waals surface area contributed by atoms with Crippen LogP contribution in [-0.4, -0.2) is 11.7 Å². The summed E-state index contributed by atoms with van der Waals surface area (Å²) in [5.41, 5.74) is 4.45. The summed E-state index contributed by atoms with van der Waals surface area (Å²) in [5.74, 6) is 0. The van der Waals surface area contributed by atoms with Gasteiger partial charge in [-0.3, -0.25) is 0 Å². The lowest BCUT2D eigenvalue weighted by molar-refractivity contribution is 0.199. The second-order valence-electron chi connectivity index (χ2n) is 4.92. The van der Waals surface area contributed by atoms with Gasteiger partial charge in [-0.2, -0.15) is 0 Å². The van der Waals surface area contributed by atoms with Crippen LogP contribution in [0.4, 0.5) is 11.4 Å². The van der Waals surface area contributed by atoms with E-state index in [2.05, 4.69) is 29.2 Å². The van der Waals surface area contributed by atoms with Crippen molar-refractivity contribution in [1.29, 1.82) is 0 Å². The quantitative estimate of drug-likeness (QED) is 0.891. The SMILES string of the molecule is C[C@@H](O)c1ccc(N2CCc3ccccc32)c(Cl)c1. The van der Waals surface area contributed by atoms with Crippen LogP contribution in [0.3, 0.4) is 0 Å². The normalized spacial score (nSPS) is 15.4. The van der Waals surface area contributed by atoms with Crippen LogP contribution in [0.25, 0.3) is 0 Å². The van der Waals surface area contributed by atoms with Crippen molar-refractivity contribution in [2.75, 3.05) is 11.4 Å². The maximum absolute atomic E-state index is 9.59. The van der Waals surface area contributed by atoms with Crippen molar-refractivity contribution >= 4 is 23.0 Å². The number of aliphatic hydroxyl groups excluding tert-OH is 1. The number of fused-ring (bicyclic) bond motifs is 1. The summed E-state index contributed by atoms with van der Waals surface area (Å²) in [6, 6.07) is 14.2. The molecule has 0 fully saturated rings. The molecule has 3 heteroatoms. The Morgan fingerprint density at radius 1 is 1.16 bits per heavy atom. The monoisotopic (exact) mass is 273 g/mol. The second kappa shape index (κ2) is 4.87. The Bertz CT molecular complexity index is 609. The van der Waals surface area contributed by atoms with Crippen LogP contribution < -0.4 is 4.90 Å². The first-order chi connectivity index (χ1) is 9.16. The molecule has 0 saturated carbocycles. The molecule has 0 unspecified atom stereocenters. The zero-order valence-electron chi connectivity index (χ0n) is 10.8. The van der Waals surface area contributed by atoms with Crippen molar-refractivity contribution < 1.29 is 5.11 Å². The molecule has 0 bridgehead atoms. The van der Waals surface area contributed by atoms with Gasteiger partial charge in [-0.1, -0.05) is 35.9 Å². The fraction of sp³-hybridized carbons (Fsp3) is 0.250. The summed E-state index contributed by atoms with van der Waals surface area (Å²) < 4.78 is 0. The van der Waals surface area contributed by atoms with Crippen molar-refractivity contribution in [3.63, 3.8) is 0 Å². The van der Waals surface area contributed by atoms with Gasteiger partial charge in [0.1, 0.15) is 0 Å². The van der Waals surface area contributed by atoms with Gasteiger partial charge in [-0.05, 0) is 42.7 Å². The van der Waals surface area contributed by atoms with E-state index in [1.54, 1.807) is 6.92 Å². The molecule has 0 aliphatic carbocycles. The Hall–Kier alpha value is -1.51. The average molecular weight is 274 g/mol. The summed E-state index contributed by atoms with van der Waals surface area (Å²) in [4.78, 5) is 2.24. The summed E-state index contributed by atoms with van der Waals surface area (Å²) in [6.45, 7) is 2.70. The number of halogens is 1. The van der Waals surface area contributed by atoms with Crippen LogP contribution in [0, 0.1) is 0 Å². The highest BCUT2D eigenvalue weighted by molar-refractivity contribution is 6.33. The number of rotatable bonds is 2. The van der Waals surface area contributed by atoms with E-state index in [9.17, 15) is 5.11 Å². The molecule has 2 aromatic rings. The van der Waals surface area contributed by atoms with Crippen molar-refractivity contribution in [2.24, 2.45) is 0 Å². The highest BCUT2D eigenvalue weighted by Crippen LogP contribution is 2.38. The first kappa shape index (κ1) is 12.5. The fourth-order valence-corrected chi connectivity index (χ4v) is 2.88. The third kappa shape index (κ3) is 2.22. The minimum Gasteiger partial charge on any atom is -0.389 e. The van der Waals surface area contributed by atoms with E-state index in [0.717, 1.165) is 24.2 Å². The standard InChI is InChI=1S/C16H16ClNO/c1-11(19)13-6-7-16(14(17)10-13)18-9-8-12-4-2-3-5-15(12)18/h2-7,10-11,19H,8-9H2,1H3/t11-/m1/s1. The van der Waals surface area contributed by atoms with E-state index in [1.165, 1.54) is 11.3 Å². The van der Waals surface area contributed by atoms with Gasteiger partial charge in [0.25, 0.3) is 0 Å². The van der Waals surface area contributed by atoms with Gasteiger partial charge in [0, 0.05) is 12.2 Å². The van der Waals surface area contributed by atoms with E-state index in [-0.39, 0.29) is 0 Å². The van der Waals surface area contributed by atoms with E-state index < -0.39 is 6.10 Å². The minimum atomic E-state index is -0.489. The largest absolute Gasteiger partial charge is 0.389 e. The van der Waals surface area contributed by atoms with E-state index in [0.29, 0.717) is 5.02 Å². The number of nitrogens with zero attached hydrogens (tertiary/aromatic N) is 1. The molecule has 2 aromatic carbocycles.